The monoisotopic (exact) mass is 201 g/mol. The van der Waals surface area contributed by atoms with E-state index in [1.165, 1.54) is 16.3 Å². The molecule has 2 aromatic carbocycles. The zero-order valence-corrected chi connectivity index (χ0v) is 9.08. The van der Waals surface area contributed by atoms with Crippen LogP contribution >= 0.6 is 0 Å². The van der Waals surface area contributed by atoms with Gasteiger partial charge >= 0.3 is 0 Å². The first-order valence-corrected chi connectivity index (χ1v) is 5.03. The van der Waals surface area contributed by atoms with Crippen LogP contribution in [0.4, 0.5) is 5.69 Å². The van der Waals surface area contributed by atoms with Gasteiger partial charge in [0.2, 0.25) is 0 Å². The summed E-state index contributed by atoms with van der Waals surface area (Å²) in [7, 11) is 3.66. The lowest BCUT2D eigenvalue weighted by Crippen LogP contribution is -1.91. The number of benzene rings is 2. The highest BCUT2D eigenvalue weighted by Gasteiger charge is 2.00. The van der Waals surface area contributed by atoms with E-state index in [9.17, 15) is 0 Å². The number of rotatable bonds is 3. The van der Waals surface area contributed by atoms with Crippen LogP contribution in [0.2, 0.25) is 0 Å². The maximum atomic E-state index is 5.13. The molecule has 1 N–H and O–H groups in total. The van der Waals surface area contributed by atoms with Crippen LogP contribution in [0.1, 0.15) is 5.56 Å². The van der Waals surface area contributed by atoms with Gasteiger partial charge in [0, 0.05) is 25.2 Å². The standard InChI is InChI=1S/C13H15NO/c1-14-13-5-3-4-11-7-6-10(9-15-2)8-12(11)13/h3-8,14H,9H2,1-2H3. The smallest absolute Gasteiger partial charge is 0.0713 e. The number of hydrogen-bond donors (Lipinski definition) is 1. The summed E-state index contributed by atoms with van der Waals surface area (Å²) >= 11 is 0. The Labute approximate surface area is 89.9 Å². The fourth-order valence-corrected chi connectivity index (χ4v) is 1.79. The van der Waals surface area contributed by atoms with E-state index in [0.29, 0.717) is 6.61 Å². The van der Waals surface area contributed by atoms with Crippen molar-refractivity contribution in [2.45, 2.75) is 6.61 Å². The Balaban J connectivity index is 2.57. The van der Waals surface area contributed by atoms with Gasteiger partial charge in [0.15, 0.2) is 0 Å². The van der Waals surface area contributed by atoms with Crippen molar-refractivity contribution >= 4 is 16.5 Å². The predicted octanol–water partition coefficient (Wildman–Crippen LogP) is 3.03. The molecule has 0 aromatic heterocycles. The van der Waals surface area contributed by atoms with E-state index < -0.39 is 0 Å². The summed E-state index contributed by atoms with van der Waals surface area (Å²) in [6.45, 7) is 0.661. The van der Waals surface area contributed by atoms with Crippen molar-refractivity contribution in [2.24, 2.45) is 0 Å². The minimum Gasteiger partial charge on any atom is -0.388 e. The van der Waals surface area contributed by atoms with Crippen molar-refractivity contribution in [3.63, 3.8) is 0 Å². The molecule has 15 heavy (non-hydrogen) atoms. The Bertz CT molecular complexity index is 465. The largest absolute Gasteiger partial charge is 0.388 e. The Morgan fingerprint density at radius 1 is 1.20 bits per heavy atom. The van der Waals surface area contributed by atoms with Crippen LogP contribution < -0.4 is 5.32 Å². The van der Waals surface area contributed by atoms with Crippen LogP contribution in [0.5, 0.6) is 0 Å². The van der Waals surface area contributed by atoms with Crippen LogP contribution in [-0.2, 0) is 11.3 Å². The predicted molar refractivity (Wildman–Crippen MR) is 64.2 cm³/mol. The van der Waals surface area contributed by atoms with Gasteiger partial charge in [-0.15, -0.1) is 0 Å². The molecule has 2 aromatic rings. The van der Waals surface area contributed by atoms with E-state index in [2.05, 4.69) is 41.7 Å². The van der Waals surface area contributed by atoms with Crippen LogP contribution in [0.25, 0.3) is 10.8 Å². The van der Waals surface area contributed by atoms with Gasteiger partial charge in [-0.3, -0.25) is 0 Å². The molecule has 0 fully saturated rings. The highest BCUT2D eigenvalue weighted by Crippen LogP contribution is 2.24. The van der Waals surface area contributed by atoms with Crippen molar-refractivity contribution in [1.29, 1.82) is 0 Å². The molecular weight excluding hydrogens is 186 g/mol. The summed E-state index contributed by atoms with van der Waals surface area (Å²) in [6, 6.07) is 12.7. The SMILES string of the molecule is CNc1cccc2ccc(COC)cc12. The fourth-order valence-electron chi connectivity index (χ4n) is 1.79. The third-order valence-corrected chi connectivity index (χ3v) is 2.53. The van der Waals surface area contributed by atoms with Gasteiger partial charge in [0.1, 0.15) is 0 Å². The van der Waals surface area contributed by atoms with Gasteiger partial charge in [-0.2, -0.15) is 0 Å². The van der Waals surface area contributed by atoms with Crippen molar-refractivity contribution in [1.82, 2.24) is 0 Å². The Kier molecular flexibility index (Phi) is 2.88. The molecular formula is C13H15NO. The molecule has 0 aliphatic heterocycles. The molecule has 0 bridgehead atoms. The van der Waals surface area contributed by atoms with Gasteiger partial charge in [0.25, 0.3) is 0 Å². The van der Waals surface area contributed by atoms with Crippen LogP contribution in [-0.4, -0.2) is 14.2 Å². The number of methoxy groups -OCH3 is 1. The zero-order valence-electron chi connectivity index (χ0n) is 9.08. The second-order valence-corrected chi connectivity index (χ2v) is 3.54. The van der Waals surface area contributed by atoms with E-state index in [1.54, 1.807) is 7.11 Å². The van der Waals surface area contributed by atoms with Gasteiger partial charge in [-0.1, -0.05) is 24.3 Å². The van der Waals surface area contributed by atoms with Crippen LogP contribution in [0.15, 0.2) is 36.4 Å². The van der Waals surface area contributed by atoms with Gasteiger partial charge in [-0.25, -0.2) is 0 Å². The molecule has 0 aliphatic rings. The van der Waals surface area contributed by atoms with Crippen molar-refractivity contribution in [3.05, 3.63) is 42.0 Å². The lowest BCUT2D eigenvalue weighted by atomic mass is 10.1. The third kappa shape index (κ3) is 1.95. The summed E-state index contributed by atoms with van der Waals surface area (Å²) in [5.74, 6) is 0. The summed E-state index contributed by atoms with van der Waals surface area (Å²) < 4.78 is 5.13. The number of nitrogens with one attached hydrogen (secondary N) is 1. The summed E-state index contributed by atoms with van der Waals surface area (Å²) in [5, 5.41) is 5.69. The second kappa shape index (κ2) is 4.32. The maximum absolute atomic E-state index is 5.13. The maximum Gasteiger partial charge on any atom is 0.0713 e. The molecule has 0 saturated carbocycles. The lowest BCUT2D eigenvalue weighted by Gasteiger charge is -2.07. The highest BCUT2D eigenvalue weighted by atomic mass is 16.5. The van der Waals surface area contributed by atoms with E-state index in [-0.39, 0.29) is 0 Å². The van der Waals surface area contributed by atoms with Crippen molar-refractivity contribution in [3.8, 4) is 0 Å². The fraction of sp³-hybridized carbons (Fsp3) is 0.231. The second-order valence-electron chi connectivity index (χ2n) is 3.54. The van der Waals surface area contributed by atoms with Crippen molar-refractivity contribution in [2.75, 3.05) is 19.5 Å². The lowest BCUT2D eigenvalue weighted by molar-refractivity contribution is 0.185. The molecule has 2 heteroatoms. The molecule has 0 heterocycles. The van der Waals surface area contributed by atoms with E-state index >= 15 is 0 Å². The molecule has 0 unspecified atom stereocenters. The third-order valence-electron chi connectivity index (χ3n) is 2.53. The van der Waals surface area contributed by atoms with Crippen LogP contribution in [0, 0.1) is 0 Å². The molecule has 0 atom stereocenters. The van der Waals surface area contributed by atoms with Gasteiger partial charge in [0.05, 0.1) is 6.61 Å². The first kappa shape index (κ1) is 9.99. The van der Waals surface area contributed by atoms with E-state index in [0.717, 1.165) is 5.69 Å². The van der Waals surface area contributed by atoms with E-state index in [1.807, 2.05) is 7.05 Å². The summed E-state index contributed by atoms with van der Waals surface area (Å²) in [4.78, 5) is 0. The molecule has 2 rings (SSSR count). The summed E-state index contributed by atoms with van der Waals surface area (Å²) in [6.07, 6.45) is 0. The molecule has 0 amide bonds. The molecule has 2 nitrogen and oxygen atoms in total. The average molecular weight is 201 g/mol. The van der Waals surface area contributed by atoms with Crippen LogP contribution in [0.3, 0.4) is 0 Å². The quantitative estimate of drug-likeness (QED) is 0.824. The highest BCUT2D eigenvalue weighted by molar-refractivity contribution is 5.94. The summed E-state index contributed by atoms with van der Waals surface area (Å²) in [5.41, 5.74) is 2.36. The normalized spacial score (nSPS) is 10.5. The first-order chi connectivity index (χ1) is 7.35. The minimum atomic E-state index is 0.661. The molecule has 0 aliphatic carbocycles. The van der Waals surface area contributed by atoms with Crippen molar-refractivity contribution < 1.29 is 4.74 Å². The number of anilines is 1. The zero-order chi connectivity index (χ0) is 10.7. The number of fused-ring (bicyclic) bond motifs is 1. The molecule has 78 valence electrons. The molecule has 0 saturated heterocycles. The Morgan fingerprint density at radius 3 is 2.80 bits per heavy atom. The molecule has 0 radical (unpaired) electrons. The van der Waals surface area contributed by atoms with Gasteiger partial charge < -0.3 is 10.1 Å². The first-order valence-electron chi connectivity index (χ1n) is 5.03. The Morgan fingerprint density at radius 2 is 2.07 bits per heavy atom. The number of ether oxygens (including phenoxy) is 1. The van der Waals surface area contributed by atoms with E-state index in [4.69, 9.17) is 4.74 Å². The molecule has 0 spiro atoms. The topological polar surface area (TPSA) is 21.3 Å². The average Bonchev–Trinajstić information content (AvgIpc) is 2.28. The Hall–Kier alpha value is -1.54. The van der Waals surface area contributed by atoms with Gasteiger partial charge in [-0.05, 0) is 23.1 Å². The minimum absolute atomic E-state index is 0.661. The number of hydrogen-bond acceptors (Lipinski definition) is 2.